The van der Waals surface area contributed by atoms with E-state index < -0.39 is 12.1 Å². The van der Waals surface area contributed by atoms with E-state index in [1.165, 1.54) is 4.90 Å². The highest BCUT2D eigenvalue weighted by molar-refractivity contribution is 5.87. The summed E-state index contributed by atoms with van der Waals surface area (Å²) in [5.41, 5.74) is 0.904. The van der Waals surface area contributed by atoms with Gasteiger partial charge in [-0.15, -0.1) is 0 Å². The molecule has 1 aromatic carbocycles. The molecule has 0 radical (unpaired) electrons. The van der Waals surface area contributed by atoms with Gasteiger partial charge in [0.05, 0.1) is 5.92 Å². The van der Waals surface area contributed by atoms with E-state index in [-0.39, 0.29) is 30.9 Å². The summed E-state index contributed by atoms with van der Waals surface area (Å²) in [5.74, 6) is -0.886. The molecule has 7 nitrogen and oxygen atoms in total. The number of esters is 1. The van der Waals surface area contributed by atoms with Crippen LogP contribution in [0.25, 0.3) is 0 Å². The highest BCUT2D eigenvalue weighted by Gasteiger charge is 2.39. The fourth-order valence-corrected chi connectivity index (χ4v) is 3.69. The Hall–Kier alpha value is -2.57. The third-order valence-electron chi connectivity index (χ3n) is 5.07. The fraction of sp³-hybridized carbons (Fsp3) is 0.526. The molecule has 7 heteroatoms. The Kier molecular flexibility index (Phi) is 5.75. The number of piperidine rings is 1. The van der Waals surface area contributed by atoms with Crippen molar-refractivity contribution in [3.8, 4) is 0 Å². The maximum Gasteiger partial charge on any atom is 0.407 e. The minimum atomic E-state index is -0.997. The van der Waals surface area contributed by atoms with Crippen molar-refractivity contribution < 1.29 is 24.2 Å². The monoisotopic (exact) mass is 360 g/mol. The Morgan fingerprint density at radius 1 is 1.08 bits per heavy atom. The van der Waals surface area contributed by atoms with E-state index in [0.717, 1.165) is 12.0 Å². The van der Waals surface area contributed by atoms with Crippen molar-refractivity contribution in [3.63, 3.8) is 0 Å². The number of nitrogens with zero attached hydrogens (tertiary/aromatic N) is 2. The number of likely N-dealkylation sites (tertiary alicyclic amines) is 2. The van der Waals surface area contributed by atoms with Crippen molar-refractivity contribution in [2.75, 3.05) is 19.6 Å². The van der Waals surface area contributed by atoms with E-state index in [9.17, 15) is 14.4 Å². The highest BCUT2D eigenvalue weighted by atomic mass is 16.5. The normalized spacial score (nSPS) is 22.9. The molecule has 2 saturated heterocycles. The number of carbonyl (C=O) groups excluding carboxylic acids is 2. The number of carbonyl (C=O) groups is 3. The zero-order valence-corrected chi connectivity index (χ0v) is 14.7. The largest absolute Gasteiger partial charge is 0.465 e. The van der Waals surface area contributed by atoms with Crippen molar-refractivity contribution >= 4 is 18.0 Å². The van der Waals surface area contributed by atoms with E-state index in [2.05, 4.69) is 0 Å². The van der Waals surface area contributed by atoms with E-state index in [4.69, 9.17) is 9.84 Å². The van der Waals surface area contributed by atoms with Gasteiger partial charge >= 0.3 is 12.1 Å². The minimum Gasteiger partial charge on any atom is -0.465 e. The van der Waals surface area contributed by atoms with Crippen LogP contribution < -0.4 is 0 Å². The van der Waals surface area contributed by atoms with Crippen LogP contribution in [-0.2, 0) is 20.9 Å². The van der Waals surface area contributed by atoms with Crippen molar-refractivity contribution in [2.45, 2.75) is 38.3 Å². The van der Waals surface area contributed by atoms with Gasteiger partial charge in [0.2, 0.25) is 5.91 Å². The number of ether oxygens (including phenoxy) is 1. The number of hydrogen-bond acceptors (Lipinski definition) is 4. The van der Waals surface area contributed by atoms with Gasteiger partial charge in [0.25, 0.3) is 0 Å². The first-order valence-electron chi connectivity index (χ1n) is 9.05. The highest BCUT2D eigenvalue weighted by Crippen LogP contribution is 2.25. The van der Waals surface area contributed by atoms with Gasteiger partial charge in [0.15, 0.2) is 0 Å². The zero-order chi connectivity index (χ0) is 18.5. The van der Waals surface area contributed by atoms with Crippen molar-refractivity contribution in [2.24, 2.45) is 5.92 Å². The molecule has 3 rings (SSSR count). The number of benzene rings is 1. The summed E-state index contributed by atoms with van der Waals surface area (Å²) in [6, 6.07) is 8.86. The van der Waals surface area contributed by atoms with Crippen LogP contribution in [0.15, 0.2) is 30.3 Å². The van der Waals surface area contributed by atoms with Crippen LogP contribution in [0, 0.1) is 5.92 Å². The third kappa shape index (κ3) is 4.15. The number of amides is 2. The summed E-state index contributed by atoms with van der Waals surface area (Å²) in [5, 5.41) is 9.15. The van der Waals surface area contributed by atoms with Crippen LogP contribution in [0.4, 0.5) is 4.79 Å². The number of carboxylic acid groups (broad SMARTS) is 1. The van der Waals surface area contributed by atoms with Crippen LogP contribution in [0.3, 0.4) is 0 Å². The standard InChI is InChI=1S/C19H24N2O5/c22-17(15-8-4-10-20(12-15)19(24)25)21-11-5-9-16(21)18(23)26-13-14-6-2-1-3-7-14/h1-3,6-7,15-16H,4-5,8-13H2,(H,24,25)/t15-,16+/m0/s1. The van der Waals surface area contributed by atoms with Crippen LogP contribution in [-0.4, -0.2) is 58.6 Å². The van der Waals surface area contributed by atoms with Crippen molar-refractivity contribution in [1.82, 2.24) is 9.80 Å². The molecule has 2 atom stereocenters. The lowest BCUT2D eigenvalue weighted by molar-refractivity contribution is -0.156. The molecule has 2 aliphatic rings. The summed E-state index contributed by atoms with van der Waals surface area (Å²) >= 11 is 0. The molecule has 0 spiro atoms. The molecule has 26 heavy (non-hydrogen) atoms. The first-order valence-corrected chi connectivity index (χ1v) is 9.05. The average Bonchev–Trinajstić information content (AvgIpc) is 3.16. The van der Waals surface area contributed by atoms with Crippen LogP contribution in [0.2, 0.25) is 0 Å². The van der Waals surface area contributed by atoms with E-state index in [0.29, 0.717) is 32.4 Å². The molecule has 0 aliphatic carbocycles. The van der Waals surface area contributed by atoms with Gasteiger partial charge in [-0.2, -0.15) is 0 Å². The lowest BCUT2D eigenvalue weighted by Gasteiger charge is -2.33. The zero-order valence-electron chi connectivity index (χ0n) is 14.7. The first-order chi connectivity index (χ1) is 12.6. The molecule has 140 valence electrons. The maximum atomic E-state index is 12.9. The maximum absolute atomic E-state index is 12.9. The molecule has 1 aromatic rings. The number of rotatable bonds is 4. The summed E-state index contributed by atoms with van der Waals surface area (Å²) in [6.07, 6.45) is 1.67. The first kappa shape index (κ1) is 18.2. The van der Waals surface area contributed by atoms with E-state index >= 15 is 0 Å². The van der Waals surface area contributed by atoms with E-state index in [1.54, 1.807) is 4.90 Å². The van der Waals surface area contributed by atoms with Gasteiger partial charge in [0.1, 0.15) is 12.6 Å². The second-order valence-electron chi connectivity index (χ2n) is 6.85. The van der Waals surface area contributed by atoms with Gasteiger partial charge < -0.3 is 19.6 Å². The lowest BCUT2D eigenvalue weighted by atomic mass is 9.96. The molecular formula is C19H24N2O5. The molecule has 0 saturated carbocycles. The van der Waals surface area contributed by atoms with Crippen LogP contribution >= 0.6 is 0 Å². The molecule has 1 N–H and O–H groups in total. The van der Waals surface area contributed by atoms with E-state index in [1.807, 2.05) is 30.3 Å². The topological polar surface area (TPSA) is 87.2 Å². The third-order valence-corrected chi connectivity index (χ3v) is 5.07. The quantitative estimate of drug-likeness (QED) is 0.831. The number of hydrogen-bond donors (Lipinski definition) is 1. The molecule has 0 unspecified atom stereocenters. The Labute approximate surface area is 152 Å². The van der Waals surface area contributed by atoms with Crippen LogP contribution in [0.5, 0.6) is 0 Å². The predicted octanol–water partition coefficient (Wildman–Crippen LogP) is 2.11. The SMILES string of the molecule is O=C(OCc1ccccc1)[C@H]1CCCN1C(=O)[C@H]1CCCN(C(=O)O)C1. The van der Waals surface area contributed by atoms with Crippen molar-refractivity contribution in [3.05, 3.63) is 35.9 Å². The fourth-order valence-electron chi connectivity index (χ4n) is 3.69. The second-order valence-corrected chi connectivity index (χ2v) is 6.85. The molecule has 2 aliphatic heterocycles. The van der Waals surface area contributed by atoms with Gasteiger partial charge in [-0.05, 0) is 31.2 Å². The Bertz CT molecular complexity index is 663. The summed E-state index contributed by atoms with van der Waals surface area (Å²) < 4.78 is 5.40. The average molecular weight is 360 g/mol. The molecule has 0 bridgehead atoms. The summed E-state index contributed by atoms with van der Waals surface area (Å²) in [6.45, 7) is 1.38. The Morgan fingerprint density at radius 2 is 1.81 bits per heavy atom. The molecule has 2 amide bonds. The van der Waals surface area contributed by atoms with Gasteiger partial charge in [-0.1, -0.05) is 30.3 Å². The molecule has 2 fully saturated rings. The summed E-state index contributed by atoms with van der Waals surface area (Å²) in [7, 11) is 0. The van der Waals surface area contributed by atoms with Crippen molar-refractivity contribution in [1.29, 1.82) is 0 Å². The van der Waals surface area contributed by atoms with Gasteiger partial charge in [0, 0.05) is 19.6 Å². The predicted molar refractivity (Wildman–Crippen MR) is 93.3 cm³/mol. The second kappa shape index (κ2) is 8.21. The Morgan fingerprint density at radius 3 is 2.54 bits per heavy atom. The van der Waals surface area contributed by atoms with Gasteiger partial charge in [-0.25, -0.2) is 9.59 Å². The molecule has 0 aromatic heterocycles. The lowest BCUT2D eigenvalue weighted by Crippen LogP contribution is -2.49. The van der Waals surface area contributed by atoms with Crippen LogP contribution in [0.1, 0.15) is 31.2 Å². The minimum absolute atomic E-state index is 0.130. The Balaban J connectivity index is 1.59. The van der Waals surface area contributed by atoms with Gasteiger partial charge in [-0.3, -0.25) is 4.79 Å². The molecule has 2 heterocycles. The molecular weight excluding hydrogens is 336 g/mol. The summed E-state index contributed by atoms with van der Waals surface area (Å²) in [4.78, 5) is 39.4. The smallest absolute Gasteiger partial charge is 0.407 e.